The summed E-state index contributed by atoms with van der Waals surface area (Å²) >= 11 is 0. The third-order valence-corrected chi connectivity index (χ3v) is 6.62. The first-order chi connectivity index (χ1) is 15.1. The number of carbonyl (C=O) groups is 2. The summed E-state index contributed by atoms with van der Waals surface area (Å²) in [5.74, 6) is -0.273. The van der Waals surface area contributed by atoms with E-state index in [1.54, 1.807) is 7.11 Å². The first kappa shape index (κ1) is 19.8. The molecule has 6 nitrogen and oxygen atoms in total. The zero-order valence-corrected chi connectivity index (χ0v) is 17.5. The fourth-order valence-corrected chi connectivity index (χ4v) is 5.03. The smallest absolute Gasteiger partial charge is 0.230 e. The molecule has 2 bridgehead atoms. The number of fused-ring (bicyclic) bond motifs is 1. The summed E-state index contributed by atoms with van der Waals surface area (Å²) in [6.45, 7) is 1.54. The molecule has 0 aromatic heterocycles. The summed E-state index contributed by atoms with van der Waals surface area (Å²) < 4.78 is 11.4. The van der Waals surface area contributed by atoms with Gasteiger partial charge < -0.3 is 19.7 Å². The maximum Gasteiger partial charge on any atom is 0.230 e. The van der Waals surface area contributed by atoms with Crippen LogP contribution >= 0.6 is 0 Å². The van der Waals surface area contributed by atoms with Crippen LogP contribution in [-0.4, -0.2) is 48.6 Å². The van der Waals surface area contributed by atoms with Gasteiger partial charge in [0, 0.05) is 13.1 Å². The highest BCUT2D eigenvalue weighted by molar-refractivity contribution is 5.93. The Bertz CT molecular complexity index is 1000. The van der Waals surface area contributed by atoms with E-state index >= 15 is 0 Å². The number of benzene rings is 2. The molecule has 2 fully saturated rings. The van der Waals surface area contributed by atoms with Crippen molar-refractivity contribution in [1.82, 2.24) is 10.2 Å². The third-order valence-electron chi connectivity index (χ3n) is 6.62. The van der Waals surface area contributed by atoms with E-state index in [9.17, 15) is 9.59 Å². The summed E-state index contributed by atoms with van der Waals surface area (Å²) in [5.41, 5.74) is 1.51. The zero-order valence-electron chi connectivity index (χ0n) is 17.5. The molecule has 6 heteroatoms. The van der Waals surface area contributed by atoms with Crippen LogP contribution in [0.4, 0.5) is 0 Å². The van der Waals surface area contributed by atoms with Crippen molar-refractivity contribution in [3.8, 4) is 5.75 Å². The molecule has 0 radical (unpaired) electrons. The average Bonchev–Trinajstić information content (AvgIpc) is 3.45. The van der Waals surface area contributed by atoms with Crippen LogP contribution in [0.25, 0.3) is 0 Å². The van der Waals surface area contributed by atoms with Gasteiger partial charge in [0.25, 0.3) is 0 Å². The number of amides is 2. The van der Waals surface area contributed by atoms with E-state index in [-0.39, 0.29) is 17.9 Å². The molecule has 31 heavy (non-hydrogen) atoms. The molecule has 2 aromatic carbocycles. The van der Waals surface area contributed by atoms with E-state index in [1.807, 2.05) is 59.5 Å². The van der Waals surface area contributed by atoms with Gasteiger partial charge in [-0.2, -0.15) is 0 Å². The van der Waals surface area contributed by atoms with Gasteiger partial charge in [-0.3, -0.25) is 9.59 Å². The fourth-order valence-electron chi connectivity index (χ4n) is 5.03. The lowest BCUT2D eigenvalue weighted by molar-refractivity contribution is -0.137. The minimum atomic E-state index is -0.666. The lowest BCUT2D eigenvalue weighted by Crippen LogP contribution is -2.44. The van der Waals surface area contributed by atoms with Crippen LogP contribution in [0.5, 0.6) is 5.75 Å². The second-order valence-corrected chi connectivity index (χ2v) is 8.46. The van der Waals surface area contributed by atoms with Crippen LogP contribution < -0.4 is 10.1 Å². The minimum absolute atomic E-state index is 0.0207. The highest BCUT2D eigenvalue weighted by Crippen LogP contribution is 2.51. The van der Waals surface area contributed by atoms with Crippen LogP contribution in [0.2, 0.25) is 0 Å². The molecule has 0 aliphatic carbocycles. The molecule has 160 valence electrons. The topological polar surface area (TPSA) is 67.9 Å². The van der Waals surface area contributed by atoms with Gasteiger partial charge in [-0.25, -0.2) is 0 Å². The Morgan fingerprint density at radius 2 is 1.94 bits per heavy atom. The number of methoxy groups -OCH3 is 1. The van der Waals surface area contributed by atoms with E-state index in [2.05, 4.69) is 17.4 Å². The molecule has 0 saturated carbocycles. The first-order valence-electron chi connectivity index (χ1n) is 10.7. The molecule has 3 aliphatic heterocycles. The van der Waals surface area contributed by atoms with Gasteiger partial charge in [-0.15, -0.1) is 0 Å². The fraction of sp³-hybridized carbons (Fsp3) is 0.360. The summed E-state index contributed by atoms with van der Waals surface area (Å²) in [4.78, 5) is 28.2. The van der Waals surface area contributed by atoms with E-state index in [4.69, 9.17) is 9.47 Å². The van der Waals surface area contributed by atoms with Crippen LogP contribution in [0.15, 0.2) is 66.7 Å². The molecule has 5 rings (SSSR count). The lowest BCUT2D eigenvalue weighted by atomic mass is 9.77. The Morgan fingerprint density at radius 1 is 1.16 bits per heavy atom. The van der Waals surface area contributed by atoms with Crippen molar-refractivity contribution >= 4 is 11.8 Å². The van der Waals surface area contributed by atoms with Crippen molar-refractivity contribution in [2.24, 2.45) is 11.8 Å². The second kappa shape index (κ2) is 7.85. The van der Waals surface area contributed by atoms with Crippen molar-refractivity contribution in [1.29, 1.82) is 0 Å². The van der Waals surface area contributed by atoms with Crippen molar-refractivity contribution < 1.29 is 19.1 Å². The normalized spacial score (nSPS) is 28.1. The number of rotatable bonds is 7. The highest BCUT2D eigenvalue weighted by atomic mass is 16.5. The summed E-state index contributed by atoms with van der Waals surface area (Å²) in [7, 11) is 1.62. The van der Waals surface area contributed by atoms with Crippen LogP contribution in [0.1, 0.15) is 11.1 Å². The Kier molecular flexibility index (Phi) is 5.02. The van der Waals surface area contributed by atoms with Gasteiger partial charge in [0.05, 0.1) is 31.6 Å². The van der Waals surface area contributed by atoms with E-state index in [0.29, 0.717) is 19.6 Å². The van der Waals surface area contributed by atoms with E-state index in [1.165, 1.54) is 5.56 Å². The molecule has 4 atom stereocenters. The van der Waals surface area contributed by atoms with Gasteiger partial charge in [0.15, 0.2) is 0 Å². The predicted molar refractivity (Wildman–Crippen MR) is 115 cm³/mol. The Labute approximate surface area is 181 Å². The molecular weight excluding hydrogens is 392 g/mol. The second-order valence-electron chi connectivity index (χ2n) is 8.46. The molecule has 1 N–H and O–H groups in total. The maximum atomic E-state index is 13.3. The average molecular weight is 418 g/mol. The zero-order chi connectivity index (χ0) is 21.4. The molecule has 2 saturated heterocycles. The quantitative estimate of drug-likeness (QED) is 0.701. The van der Waals surface area contributed by atoms with Crippen molar-refractivity contribution in [3.05, 3.63) is 77.9 Å². The summed E-state index contributed by atoms with van der Waals surface area (Å²) in [6, 6.07) is 17.7. The summed E-state index contributed by atoms with van der Waals surface area (Å²) in [5, 5.41) is 3.00. The van der Waals surface area contributed by atoms with Gasteiger partial charge in [0.2, 0.25) is 11.8 Å². The van der Waals surface area contributed by atoms with Crippen molar-refractivity contribution in [3.63, 3.8) is 0 Å². The van der Waals surface area contributed by atoms with Gasteiger partial charge in [-0.1, -0.05) is 54.6 Å². The number of likely N-dealkylation sites (tertiary alicyclic amines) is 1. The Morgan fingerprint density at radius 3 is 2.68 bits per heavy atom. The van der Waals surface area contributed by atoms with Crippen LogP contribution in [0.3, 0.4) is 0 Å². The largest absolute Gasteiger partial charge is 0.497 e. The number of ether oxygens (including phenoxy) is 2. The number of hydrogen-bond acceptors (Lipinski definition) is 4. The third kappa shape index (κ3) is 3.51. The van der Waals surface area contributed by atoms with Crippen LogP contribution in [-0.2, 0) is 27.3 Å². The maximum absolute atomic E-state index is 13.3. The standard InChI is InChI=1S/C25H26N2O4/c1-30-19-9-7-18(8-10-19)15-26-23(28)21-20-11-13-25(31-20)16-27(24(29)22(21)25)14-12-17-5-3-2-4-6-17/h2-11,13,20-22H,12,14-16H2,1H3,(H,26,28)/t20-,21-,22+,25+/m1/s1. The van der Waals surface area contributed by atoms with Gasteiger partial charge in [0.1, 0.15) is 11.4 Å². The Hall–Kier alpha value is -3.12. The number of nitrogens with one attached hydrogen (secondary N) is 1. The monoisotopic (exact) mass is 418 g/mol. The first-order valence-corrected chi connectivity index (χ1v) is 10.7. The molecule has 2 aromatic rings. The minimum Gasteiger partial charge on any atom is -0.497 e. The number of nitrogens with zero attached hydrogens (tertiary/aromatic N) is 1. The van der Waals surface area contributed by atoms with Crippen molar-refractivity contribution in [2.75, 3.05) is 20.2 Å². The van der Waals surface area contributed by atoms with Crippen LogP contribution in [0, 0.1) is 11.8 Å². The molecule has 2 amide bonds. The molecule has 1 spiro atoms. The molecule has 3 heterocycles. The SMILES string of the molecule is COc1ccc(CNC(=O)[C@H]2[C@H]3C(=O)N(CCc4ccccc4)C[C@@]34C=C[C@H]2O4)cc1. The highest BCUT2D eigenvalue weighted by Gasteiger charge is 2.66. The molecular formula is C25H26N2O4. The van der Waals surface area contributed by atoms with E-state index in [0.717, 1.165) is 17.7 Å². The predicted octanol–water partition coefficient (Wildman–Crippen LogP) is 2.34. The van der Waals surface area contributed by atoms with E-state index < -0.39 is 17.4 Å². The number of hydrogen-bond donors (Lipinski definition) is 1. The molecule has 0 unspecified atom stereocenters. The Balaban J connectivity index is 1.25. The van der Waals surface area contributed by atoms with Crippen molar-refractivity contribution in [2.45, 2.75) is 24.7 Å². The number of carbonyl (C=O) groups excluding carboxylic acids is 2. The molecule has 3 aliphatic rings. The lowest BCUT2D eigenvalue weighted by Gasteiger charge is -2.23. The van der Waals surface area contributed by atoms with Gasteiger partial charge in [-0.05, 0) is 29.7 Å². The summed E-state index contributed by atoms with van der Waals surface area (Å²) in [6.07, 6.45) is 4.40. The van der Waals surface area contributed by atoms with Gasteiger partial charge >= 0.3 is 0 Å².